The first-order chi connectivity index (χ1) is 9.81. The molecular weight excluding hydrogens is 252 g/mol. The first-order valence-corrected chi connectivity index (χ1v) is 6.67. The molecule has 4 nitrogen and oxygen atoms in total. The number of para-hydroxylation sites is 2. The van der Waals surface area contributed by atoms with E-state index in [0.717, 1.165) is 17.0 Å². The third-order valence-electron chi connectivity index (χ3n) is 4.05. The number of urea groups is 1. The average Bonchev–Trinajstić information content (AvgIpc) is 2.87. The van der Waals surface area contributed by atoms with Crippen molar-refractivity contribution in [1.29, 1.82) is 0 Å². The van der Waals surface area contributed by atoms with Gasteiger partial charge in [0.25, 0.3) is 0 Å². The molecule has 4 heteroatoms. The van der Waals surface area contributed by atoms with Crippen molar-refractivity contribution in [2.24, 2.45) is 0 Å². The fraction of sp³-hybridized carbons (Fsp3) is 0.188. The molecule has 0 radical (unpaired) electrons. The number of carbonyl (C=O) groups excluding carboxylic acids is 1. The van der Waals surface area contributed by atoms with Gasteiger partial charge in [0.2, 0.25) is 0 Å². The van der Waals surface area contributed by atoms with Crippen molar-refractivity contribution in [2.75, 3.05) is 18.1 Å². The Morgan fingerprint density at radius 3 is 2.65 bits per heavy atom. The number of anilines is 1. The summed E-state index contributed by atoms with van der Waals surface area (Å²) < 4.78 is 5.91. The zero-order chi connectivity index (χ0) is 13.6. The Balaban J connectivity index is 1.91. The fourth-order valence-corrected chi connectivity index (χ4v) is 3.05. The summed E-state index contributed by atoms with van der Waals surface area (Å²) in [6.45, 7) is 1.02. The van der Waals surface area contributed by atoms with E-state index in [2.05, 4.69) is 5.32 Å². The van der Waals surface area contributed by atoms with Gasteiger partial charge in [-0.2, -0.15) is 0 Å². The summed E-state index contributed by atoms with van der Waals surface area (Å²) >= 11 is 0. The van der Waals surface area contributed by atoms with E-state index >= 15 is 0 Å². The zero-order valence-corrected chi connectivity index (χ0v) is 10.9. The van der Waals surface area contributed by atoms with Crippen LogP contribution in [-0.4, -0.2) is 19.2 Å². The molecule has 0 aromatic heterocycles. The lowest BCUT2D eigenvalue weighted by Gasteiger charge is -2.41. The highest BCUT2D eigenvalue weighted by atomic mass is 16.5. The Kier molecular flexibility index (Phi) is 2.27. The van der Waals surface area contributed by atoms with Gasteiger partial charge in [-0.3, -0.25) is 4.90 Å². The molecule has 0 aliphatic carbocycles. The maximum Gasteiger partial charge on any atom is 0.323 e. The van der Waals surface area contributed by atoms with E-state index in [0.29, 0.717) is 13.2 Å². The molecule has 1 atom stereocenters. The van der Waals surface area contributed by atoms with E-state index in [1.54, 1.807) is 0 Å². The van der Waals surface area contributed by atoms with Gasteiger partial charge in [-0.1, -0.05) is 42.5 Å². The number of amides is 2. The lowest BCUT2D eigenvalue weighted by atomic mass is 9.88. The number of fused-ring (bicyclic) bond motifs is 3. The molecule has 2 aromatic rings. The van der Waals surface area contributed by atoms with Gasteiger partial charge in [-0.05, 0) is 17.7 Å². The molecular formula is C16H14N2O2. The first-order valence-electron chi connectivity index (χ1n) is 6.67. The van der Waals surface area contributed by atoms with Crippen molar-refractivity contribution < 1.29 is 9.53 Å². The molecule has 0 bridgehead atoms. The summed E-state index contributed by atoms with van der Waals surface area (Å²) in [6.07, 6.45) is 0. The Bertz CT molecular complexity index is 671. The van der Waals surface area contributed by atoms with E-state index in [-0.39, 0.29) is 6.03 Å². The molecule has 1 saturated heterocycles. The van der Waals surface area contributed by atoms with E-state index in [9.17, 15) is 4.79 Å². The minimum atomic E-state index is -0.452. The summed E-state index contributed by atoms with van der Waals surface area (Å²) in [5.74, 6) is 0.760. The lowest BCUT2D eigenvalue weighted by Crippen LogP contribution is -2.51. The van der Waals surface area contributed by atoms with Crippen LogP contribution in [0.25, 0.3) is 0 Å². The van der Waals surface area contributed by atoms with Crippen LogP contribution < -0.4 is 15.0 Å². The quantitative estimate of drug-likeness (QED) is 0.861. The molecule has 2 aliphatic rings. The van der Waals surface area contributed by atoms with Gasteiger partial charge in [0.1, 0.15) is 17.9 Å². The van der Waals surface area contributed by atoms with E-state index in [1.807, 2.05) is 59.5 Å². The summed E-state index contributed by atoms with van der Waals surface area (Å²) in [5.41, 5.74) is 1.47. The molecule has 2 amide bonds. The van der Waals surface area contributed by atoms with Crippen molar-refractivity contribution >= 4 is 11.7 Å². The maximum absolute atomic E-state index is 12.3. The minimum absolute atomic E-state index is 0.0652. The second-order valence-electron chi connectivity index (χ2n) is 5.15. The van der Waals surface area contributed by atoms with Crippen LogP contribution in [0.2, 0.25) is 0 Å². The van der Waals surface area contributed by atoms with Gasteiger partial charge in [0, 0.05) is 0 Å². The topological polar surface area (TPSA) is 41.6 Å². The van der Waals surface area contributed by atoms with Crippen LogP contribution in [0.3, 0.4) is 0 Å². The number of nitrogens with zero attached hydrogens (tertiary/aromatic N) is 1. The van der Waals surface area contributed by atoms with E-state index in [1.165, 1.54) is 0 Å². The van der Waals surface area contributed by atoms with Crippen molar-refractivity contribution in [3.8, 4) is 5.75 Å². The predicted molar refractivity (Wildman–Crippen MR) is 75.9 cm³/mol. The van der Waals surface area contributed by atoms with Crippen LogP contribution in [0.1, 0.15) is 5.56 Å². The minimum Gasteiger partial charge on any atom is -0.488 e. The van der Waals surface area contributed by atoms with E-state index < -0.39 is 5.54 Å². The van der Waals surface area contributed by atoms with Crippen LogP contribution in [0.4, 0.5) is 10.5 Å². The van der Waals surface area contributed by atoms with Gasteiger partial charge < -0.3 is 10.1 Å². The van der Waals surface area contributed by atoms with Gasteiger partial charge in [0.05, 0.1) is 12.2 Å². The summed E-state index contributed by atoms with van der Waals surface area (Å²) in [6, 6.07) is 17.7. The highest BCUT2D eigenvalue weighted by molar-refractivity contribution is 5.98. The molecule has 1 fully saturated rings. The molecule has 4 rings (SSSR count). The Labute approximate surface area is 117 Å². The molecule has 1 unspecified atom stereocenters. The van der Waals surface area contributed by atoms with Crippen LogP contribution in [0.5, 0.6) is 5.75 Å². The molecule has 2 aromatic carbocycles. The Morgan fingerprint density at radius 2 is 1.80 bits per heavy atom. The Hall–Kier alpha value is -2.49. The van der Waals surface area contributed by atoms with Crippen molar-refractivity contribution in [3.63, 3.8) is 0 Å². The molecule has 20 heavy (non-hydrogen) atoms. The summed E-state index contributed by atoms with van der Waals surface area (Å²) in [5, 5.41) is 2.95. The van der Waals surface area contributed by atoms with Gasteiger partial charge >= 0.3 is 6.03 Å². The molecule has 2 heterocycles. The van der Waals surface area contributed by atoms with Gasteiger partial charge in [-0.15, -0.1) is 0 Å². The number of ether oxygens (including phenoxy) is 1. The molecule has 1 N–H and O–H groups in total. The summed E-state index contributed by atoms with van der Waals surface area (Å²) in [4.78, 5) is 14.1. The Morgan fingerprint density at radius 1 is 1.05 bits per heavy atom. The van der Waals surface area contributed by atoms with Crippen LogP contribution >= 0.6 is 0 Å². The van der Waals surface area contributed by atoms with Crippen LogP contribution in [0.15, 0.2) is 54.6 Å². The molecule has 2 aliphatic heterocycles. The fourth-order valence-electron chi connectivity index (χ4n) is 3.05. The highest BCUT2D eigenvalue weighted by Crippen LogP contribution is 2.44. The third kappa shape index (κ3) is 1.39. The van der Waals surface area contributed by atoms with Crippen LogP contribution in [-0.2, 0) is 5.54 Å². The van der Waals surface area contributed by atoms with Crippen molar-refractivity contribution in [2.45, 2.75) is 5.54 Å². The average molecular weight is 266 g/mol. The SMILES string of the molecule is O=C1NCC2(c3ccccc3)COc3ccccc3N12. The standard InChI is InChI=1S/C16H14N2O2/c19-15-17-10-16(12-6-2-1-3-7-12)11-20-14-9-5-4-8-13(14)18(15)16/h1-9H,10-11H2,(H,17,19). The highest BCUT2D eigenvalue weighted by Gasteiger charge is 2.51. The van der Waals surface area contributed by atoms with E-state index in [4.69, 9.17) is 4.74 Å². The second kappa shape index (κ2) is 4.00. The van der Waals surface area contributed by atoms with Crippen molar-refractivity contribution in [3.05, 3.63) is 60.2 Å². The predicted octanol–water partition coefficient (Wildman–Crippen LogP) is 2.50. The van der Waals surface area contributed by atoms with Crippen LogP contribution in [0, 0.1) is 0 Å². The monoisotopic (exact) mass is 266 g/mol. The maximum atomic E-state index is 12.3. The normalized spacial score (nSPS) is 23.6. The number of nitrogens with one attached hydrogen (secondary N) is 1. The molecule has 100 valence electrons. The van der Waals surface area contributed by atoms with Gasteiger partial charge in [0.15, 0.2) is 0 Å². The second-order valence-corrected chi connectivity index (χ2v) is 5.15. The smallest absolute Gasteiger partial charge is 0.323 e. The van der Waals surface area contributed by atoms with Crippen molar-refractivity contribution in [1.82, 2.24) is 5.32 Å². The number of hydrogen-bond acceptors (Lipinski definition) is 2. The summed E-state index contributed by atoms with van der Waals surface area (Å²) in [7, 11) is 0. The lowest BCUT2D eigenvalue weighted by molar-refractivity contribution is 0.206. The van der Waals surface area contributed by atoms with Gasteiger partial charge in [-0.25, -0.2) is 4.79 Å². The zero-order valence-electron chi connectivity index (χ0n) is 10.9. The third-order valence-corrected chi connectivity index (χ3v) is 4.05. The largest absolute Gasteiger partial charge is 0.488 e. The molecule has 0 spiro atoms. The number of hydrogen-bond donors (Lipinski definition) is 1. The molecule has 0 saturated carbocycles. The first kappa shape index (κ1) is 11.3. The number of carbonyl (C=O) groups is 1. The number of rotatable bonds is 1. The number of benzene rings is 2.